The molecule has 3 heteroatoms. The molecule has 0 amide bonds. The van der Waals surface area contributed by atoms with Crippen LogP contribution in [0.3, 0.4) is 0 Å². The summed E-state index contributed by atoms with van der Waals surface area (Å²) in [5.74, 6) is -0.109. The molecule has 2 N–H and O–H groups in total. The second-order valence-corrected chi connectivity index (χ2v) is 4.81. The van der Waals surface area contributed by atoms with Gasteiger partial charge < -0.3 is 10.5 Å². The highest BCUT2D eigenvalue weighted by Crippen LogP contribution is 2.10. The molecule has 0 aliphatic heterocycles. The standard InChI is InChI=1S/C11H23NO2/c1-9(12)7-5-6-8-10(13)14-11(2,3)4/h9H,5-8,12H2,1-4H3. The summed E-state index contributed by atoms with van der Waals surface area (Å²) in [6.45, 7) is 7.63. The van der Waals surface area contributed by atoms with E-state index in [-0.39, 0.29) is 17.6 Å². The topological polar surface area (TPSA) is 52.3 Å². The minimum atomic E-state index is -0.363. The molecule has 0 aliphatic carbocycles. The third kappa shape index (κ3) is 9.52. The van der Waals surface area contributed by atoms with Crippen LogP contribution in [0.25, 0.3) is 0 Å². The van der Waals surface area contributed by atoms with E-state index in [9.17, 15) is 4.79 Å². The fourth-order valence-corrected chi connectivity index (χ4v) is 1.13. The Morgan fingerprint density at radius 3 is 2.36 bits per heavy atom. The van der Waals surface area contributed by atoms with Crippen LogP contribution < -0.4 is 5.73 Å². The van der Waals surface area contributed by atoms with Crippen molar-refractivity contribution in [1.29, 1.82) is 0 Å². The lowest BCUT2D eigenvalue weighted by atomic mass is 10.1. The van der Waals surface area contributed by atoms with Crippen LogP contribution in [0.1, 0.15) is 53.4 Å². The zero-order chi connectivity index (χ0) is 11.2. The molecular formula is C11H23NO2. The predicted molar refractivity (Wildman–Crippen MR) is 58.0 cm³/mol. The van der Waals surface area contributed by atoms with Crippen LogP contribution in [-0.2, 0) is 9.53 Å². The molecule has 0 fully saturated rings. The molecule has 0 rings (SSSR count). The average molecular weight is 201 g/mol. The van der Waals surface area contributed by atoms with E-state index in [0.717, 1.165) is 19.3 Å². The SMILES string of the molecule is CC(N)CCCCC(=O)OC(C)(C)C. The van der Waals surface area contributed by atoms with E-state index in [0.29, 0.717) is 6.42 Å². The molecule has 0 saturated heterocycles. The number of hydrogen-bond acceptors (Lipinski definition) is 3. The molecule has 0 spiro atoms. The molecule has 1 unspecified atom stereocenters. The summed E-state index contributed by atoms with van der Waals surface area (Å²) in [5, 5.41) is 0. The molecule has 0 aromatic carbocycles. The summed E-state index contributed by atoms with van der Waals surface area (Å²) in [6.07, 6.45) is 3.35. The highest BCUT2D eigenvalue weighted by atomic mass is 16.6. The highest BCUT2D eigenvalue weighted by Gasteiger charge is 2.15. The Morgan fingerprint density at radius 2 is 1.93 bits per heavy atom. The molecule has 14 heavy (non-hydrogen) atoms. The summed E-state index contributed by atoms with van der Waals surface area (Å²) in [6, 6.07) is 0.230. The van der Waals surface area contributed by atoms with Gasteiger partial charge in [0.05, 0.1) is 0 Å². The fraction of sp³-hybridized carbons (Fsp3) is 0.909. The average Bonchev–Trinajstić information content (AvgIpc) is 1.94. The van der Waals surface area contributed by atoms with Crippen LogP contribution in [0.2, 0.25) is 0 Å². The van der Waals surface area contributed by atoms with Crippen molar-refractivity contribution >= 4 is 5.97 Å². The number of esters is 1. The van der Waals surface area contributed by atoms with Gasteiger partial charge in [0.2, 0.25) is 0 Å². The molecule has 0 heterocycles. The number of carbonyl (C=O) groups excluding carboxylic acids is 1. The van der Waals surface area contributed by atoms with Crippen molar-refractivity contribution in [3.63, 3.8) is 0 Å². The van der Waals surface area contributed by atoms with Crippen LogP contribution in [0.4, 0.5) is 0 Å². The van der Waals surface area contributed by atoms with Gasteiger partial charge >= 0.3 is 5.97 Å². The van der Waals surface area contributed by atoms with Gasteiger partial charge in [-0.15, -0.1) is 0 Å². The zero-order valence-corrected chi connectivity index (χ0v) is 9.80. The largest absolute Gasteiger partial charge is 0.460 e. The maximum Gasteiger partial charge on any atom is 0.306 e. The first kappa shape index (κ1) is 13.4. The summed E-state index contributed by atoms with van der Waals surface area (Å²) >= 11 is 0. The Kier molecular flexibility index (Phi) is 5.77. The third-order valence-electron chi connectivity index (χ3n) is 1.71. The first-order chi connectivity index (χ1) is 6.31. The number of unbranched alkanes of at least 4 members (excludes halogenated alkanes) is 1. The van der Waals surface area contributed by atoms with Crippen molar-refractivity contribution in [2.24, 2.45) is 5.73 Å². The molecule has 0 aromatic rings. The maximum atomic E-state index is 11.2. The van der Waals surface area contributed by atoms with Gasteiger partial charge in [-0.05, 0) is 40.5 Å². The molecular weight excluding hydrogens is 178 g/mol. The van der Waals surface area contributed by atoms with Crippen LogP contribution in [0, 0.1) is 0 Å². The second kappa shape index (κ2) is 6.02. The molecule has 0 aliphatic rings. The Hall–Kier alpha value is -0.570. The Morgan fingerprint density at radius 1 is 1.36 bits per heavy atom. The smallest absolute Gasteiger partial charge is 0.306 e. The first-order valence-corrected chi connectivity index (χ1v) is 5.28. The van der Waals surface area contributed by atoms with Gasteiger partial charge in [0.25, 0.3) is 0 Å². The van der Waals surface area contributed by atoms with Crippen molar-refractivity contribution in [1.82, 2.24) is 0 Å². The molecule has 0 saturated carbocycles. The highest BCUT2D eigenvalue weighted by molar-refractivity contribution is 5.69. The number of rotatable bonds is 5. The van der Waals surface area contributed by atoms with Crippen LogP contribution in [0.15, 0.2) is 0 Å². The third-order valence-corrected chi connectivity index (χ3v) is 1.71. The van der Waals surface area contributed by atoms with Gasteiger partial charge in [-0.2, -0.15) is 0 Å². The van der Waals surface area contributed by atoms with Gasteiger partial charge in [0, 0.05) is 12.5 Å². The second-order valence-electron chi connectivity index (χ2n) is 4.81. The van der Waals surface area contributed by atoms with Crippen molar-refractivity contribution in [2.75, 3.05) is 0 Å². The summed E-state index contributed by atoms with van der Waals surface area (Å²) in [4.78, 5) is 11.2. The molecule has 3 nitrogen and oxygen atoms in total. The van der Waals surface area contributed by atoms with E-state index < -0.39 is 0 Å². The van der Waals surface area contributed by atoms with Crippen LogP contribution >= 0.6 is 0 Å². The van der Waals surface area contributed by atoms with E-state index in [1.165, 1.54) is 0 Å². The summed E-state index contributed by atoms with van der Waals surface area (Å²) < 4.78 is 5.17. The van der Waals surface area contributed by atoms with Crippen molar-refractivity contribution in [3.8, 4) is 0 Å². The fourth-order valence-electron chi connectivity index (χ4n) is 1.13. The van der Waals surface area contributed by atoms with Gasteiger partial charge in [-0.3, -0.25) is 4.79 Å². The molecule has 84 valence electrons. The maximum absolute atomic E-state index is 11.2. The number of carbonyl (C=O) groups is 1. The van der Waals surface area contributed by atoms with E-state index in [4.69, 9.17) is 10.5 Å². The minimum Gasteiger partial charge on any atom is -0.460 e. The number of ether oxygens (including phenoxy) is 1. The van der Waals surface area contributed by atoms with E-state index in [1.54, 1.807) is 0 Å². The van der Waals surface area contributed by atoms with Gasteiger partial charge in [0.1, 0.15) is 5.60 Å². The molecule has 0 radical (unpaired) electrons. The molecule has 0 bridgehead atoms. The zero-order valence-electron chi connectivity index (χ0n) is 9.80. The van der Waals surface area contributed by atoms with Crippen molar-refractivity contribution in [2.45, 2.75) is 65.0 Å². The van der Waals surface area contributed by atoms with Gasteiger partial charge in [-0.25, -0.2) is 0 Å². The van der Waals surface area contributed by atoms with Gasteiger partial charge in [0.15, 0.2) is 0 Å². The predicted octanol–water partition coefficient (Wildman–Crippen LogP) is 2.24. The Bertz CT molecular complexity index is 171. The Balaban J connectivity index is 3.46. The molecule has 1 atom stereocenters. The van der Waals surface area contributed by atoms with Crippen LogP contribution in [-0.4, -0.2) is 17.6 Å². The molecule has 0 aromatic heterocycles. The number of hydrogen-bond donors (Lipinski definition) is 1. The first-order valence-electron chi connectivity index (χ1n) is 5.28. The quantitative estimate of drug-likeness (QED) is 0.548. The normalized spacial score (nSPS) is 13.8. The van der Waals surface area contributed by atoms with E-state index in [1.807, 2.05) is 27.7 Å². The number of nitrogens with two attached hydrogens (primary N) is 1. The minimum absolute atomic E-state index is 0.109. The van der Waals surface area contributed by atoms with Crippen molar-refractivity contribution in [3.05, 3.63) is 0 Å². The monoisotopic (exact) mass is 201 g/mol. The summed E-state index contributed by atoms with van der Waals surface area (Å²) in [7, 11) is 0. The van der Waals surface area contributed by atoms with E-state index in [2.05, 4.69) is 0 Å². The lowest BCUT2D eigenvalue weighted by Crippen LogP contribution is -2.23. The lowest BCUT2D eigenvalue weighted by Gasteiger charge is -2.19. The van der Waals surface area contributed by atoms with E-state index >= 15 is 0 Å². The Labute approximate surface area is 87.0 Å². The lowest BCUT2D eigenvalue weighted by molar-refractivity contribution is -0.154. The van der Waals surface area contributed by atoms with Gasteiger partial charge in [-0.1, -0.05) is 6.42 Å². The van der Waals surface area contributed by atoms with Crippen molar-refractivity contribution < 1.29 is 9.53 Å². The van der Waals surface area contributed by atoms with Crippen LogP contribution in [0.5, 0.6) is 0 Å². The summed E-state index contributed by atoms with van der Waals surface area (Å²) in [5.41, 5.74) is 5.23.